The van der Waals surface area contributed by atoms with Gasteiger partial charge in [0.2, 0.25) is 15.9 Å². The van der Waals surface area contributed by atoms with Gasteiger partial charge in [0.15, 0.2) is 0 Å². The lowest BCUT2D eigenvalue weighted by atomic mass is 10.1. The summed E-state index contributed by atoms with van der Waals surface area (Å²) in [6.45, 7) is 3.77. The van der Waals surface area contributed by atoms with Crippen LogP contribution < -0.4 is 16.2 Å². The minimum atomic E-state index is -3.70. The van der Waals surface area contributed by atoms with Crippen LogP contribution in [0.2, 0.25) is 0 Å². The summed E-state index contributed by atoms with van der Waals surface area (Å²) >= 11 is 0. The molecule has 5 N–H and O–H groups in total. The Morgan fingerprint density at radius 1 is 1.30 bits per heavy atom. The fourth-order valence-electron chi connectivity index (χ4n) is 1.79. The van der Waals surface area contributed by atoms with E-state index < -0.39 is 16.1 Å². The predicted octanol–water partition coefficient (Wildman–Crippen LogP) is 0.639. The quantitative estimate of drug-likeness (QED) is 0.714. The molecule has 0 saturated heterocycles. The van der Waals surface area contributed by atoms with Crippen molar-refractivity contribution in [1.82, 2.24) is 5.32 Å². The molecule has 1 unspecified atom stereocenters. The van der Waals surface area contributed by atoms with Crippen molar-refractivity contribution in [2.75, 3.05) is 0 Å². The lowest BCUT2D eigenvalue weighted by molar-refractivity contribution is -0.123. The molecule has 0 spiro atoms. The van der Waals surface area contributed by atoms with Gasteiger partial charge in [-0.2, -0.15) is 0 Å². The predicted molar refractivity (Wildman–Crippen MR) is 77.3 cm³/mol. The van der Waals surface area contributed by atoms with Crippen LogP contribution in [0.1, 0.15) is 38.3 Å². The molecule has 0 bridgehead atoms. The SMILES string of the molecule is CCC[C@@H](N)C(=O)NC(C)c1ccc(S(N)(=O)=O)cc1. The zero-order valence-electron chi connectivity index (χ0n) is 11.7. The van der Waals surface area contributed by atoms with E-state index >= 15 is 0 Å². The summed E-state index contributed by atoms with van der Waals surface area (Å²) in [7, 11) is -3.70. The number of amides is 1. The summed E-state index contributed by atoms with van der Waals surface area (Å²) in [5.41, 5.74) is 6.51. The molecule has 1 amide bonds. The normalized spacial score (nSPS) is 14.6. The maximum Gasteiger partial charge on any atom is 0.238 e. The van der Waals surface area contributed by atoms with Crippen LogP contribution in [0.5, 0.6) is 0 Å². The molecule has 6 nitrogen and oxygen atoms in total. The first kappa shape index (κ1) is 16.6. The highest BCUT2D eigenvalue weighted by Gasteiger charge is 2.16. The molecule has 0 heterocycles. The number of rotatable bonds is 6. The van der Waals surface area contributed by atoms with Gasteiger partial charge >= 0.3 is 0 Å². The number of nitrogens with one attached hydrogen (secondary N) is 1. The highest BCUT2D eigenvalue weighted by molar-refractivity contribution is 7.89. The maximum absolute atomic E-state index is 11.8. The summed E-state index contributed by atoms with van der Waals surface area (Å²) in [5, 5.41) is 7.82. The largest absolute Gasteiger partial charge is 0.348 e. The minimum absolute atomic E-state index is 0.0439. The lowest BCUT2D eigenvalue weighted by Crippen LogP contribution is -2.41. The molecule has 0 aromatic heterocycles. The van der Waals surface area contributed by atoms with E-state index in [0.29, 0.717) is 6.42 Å². The number of carbonyl (C=O) groups is 1. The van der Waals surface area contributed by atoms with Gasteiger partial charge in [0.25, 0.3) is 0 Å². The van der Waals surface area contributed by atoms with Gasteiger partial charge in [-0.15, -0.1) is 0 Å². The van der Waals surface area contributed by atoms with Gasteiger partial charge < -0.3 is 11.1 Å². The molecule has 7 heteroatoms. The molecule has 112 valence electrons. The van der Waals surface area contributed by atoms with Gasteiger partial charge in [0.1, 0.15) is 0 Å². The van der Waals surface area contributed by atoms with Gasteiger partial charge in [0, 0.05) is 0 Å². The standard InChI is InChI=1S/C13H21N3O3S/c1-3-4-12(14)13(17)16-9(2)10-5-7-11(8-6-10)20(15,18)19/h5-9,12H,3-4,14H2,1-2H3,(H,16,17)(H2,15,18,19)/t9?,12-/m1/s1. The van der Waals surface area contributed by atoms with Crippen molar-refractivity contribution < 1.29 is 13.2 Å². The van der Waals surface area contributed by atoms with E-state index in [1.165, 1.54) is 12.1 Å². The first-order valence-corrected chi connectivity index (χ1v) is 7.99. The van der Waals surface area contributed by atoms with Gasteiger partial charge in [-0.3, -0.25) is 4.79 Å². The molecule has 0 radical (unpaired) electrons. The monoisotopic (exact) mass is 299 g/mol. The van der Waals surface area contributed by atoms with E-state index in [1.807, 2.05) is 13.8 Å². The van der Waals surface area contributed by atoms with Crippen molar-refractivity contribution in [2.45, 2.75) is 43.7 Å². The average Bonchev–Trinajstić information content (AvgIpc) is 2.38. The number of carbonyl (C=O) groups excluding carboxylic acids is 1. The number of nitrogens with two attached hydrogens (primary N) is 2. The van der Waals surface area contributed by atoms with Crippen molar-refractivity contribution in [3.05, 3.63) is 29.8 Å². The third-order valence-electron chi connectivity index (χ3n) is 3.00. The van der Waals surface area contributed by atoms with Crippen molar-refractivity contribution >= 4 is 15.9 Å². The summed E-state index contributed by atoms with van der Waals surface area (Å²) in [5.74, 6) is -0.213. The Morgan fingerprint density at radius 2 is 1.85 bits per heavy atom. The van der Waals surface area contributed by atoms with Gasteiger partial charge in [-0.25, -0.2) is 13.6 Å². The van der Waals surface area contributed by atoms with E-state index in [-0.39, 0.29) is 16.8 Å². The summed E-state index contributed by atoms with van der Waals surface area (Å²) in [6, 6.07) is 5.30. The molecular weight excluding hydrogens is 278 g/mol. The number of hydrogen-bond donors (Lipinski definition) is 3. The van der Waals surface area contributed by atoms with Crippen LogP contribution in [0.25, 0.3) is 0 Å². The Morgan fingerprint density at radius 3 is 2.30 bits per heavy atom. The van der Waals surface area contributed by atoms with Crippen LogP contribution in [0.4, 0.5) is 0 Å². The Bertz CT molecular complexity index is 555. The topological polar surface area (TPSA) is 115 Å². The van der Waals surface area contributed by atoms with Crippen LogP contribution in [0.15, 0.2) is 29.2 Å². The van der Waals surface area contributed by atoms with Crippen LogP contribution in [-0.4, -0.2) is 20.4 Å². The van der Waals surface area contributed by atoms with Crippen molar-refractivity contribution in [2.24, 2.45) is 10.9 Å². The molecule has 1 aromatic rings. The number of primary sulfonamides is 1. The van der Waals surface area contributed by atoms with Crippen molar-refractivity contribution in [3.8, 4) is 0 Å². The Labute approximate surface area is 119 Å². The van der Waals surface area contributed by atoms with Crippen molar-refractivity contribution in [1.29, 1.82) is 0 Å². The van der Waals surface area contributed by atoms with Gasteiger partial charge in [-0.1, -0.05) is 25.5 Å². The van der Waals surface area contributed by atoms with E-state index in [2.05, 4.69) is 5.32 Å². The average molecular weight is 299 g/mol. The Hall–Kier alpha value is -1.44. The second kappa shape index (κ2) is 6.83. The van der Waals surface area contributed by atoms with Gasteiger partial charge in [0.05, 0.1) is 17.0 Å². The first-order chi connectivity index (χ1) is 9.25. The molecule has 0 aliphatic rings. The molecule has 1 rings (SSSR count). The number of hydrogen-bond acceptors (Lipinski definition) is 4. The van der Waals surface area contributed by atoms with E-state index in [4.69, 9.17) is 10.9 Å². The zero-order chi connectivity index (χ0) is 15.3. The Kier molecular flexibility index (Phi) is 5.67. The first-order valence-electron chi connectivity index (χ1n) is 6.44. The molecule has 1 aromatic carbocycles. The highest BCUT2D eigenvalue weighted by Crippen LogP contribution is 2.15. The minimum Gasteiger partial charge on any atom is -0.348 e. The zero-order valence-corrected chi connectivity index (χ0v) is 12.5. The highest BCUT2D eigenvalue weighted by atomic mass is 32.2. The third kappa shape index (κ3) is 4.59. The van der Waals surface area contributed by atoms with Crippen LogP contribution in [-0.2, 0) is 14.8 Å². The molecule has 0 aliphatic carbocycles. The van der Waals surface area contributed by atoms with Gasteiger partial charge in [-0.05, 0) is 31.0 Å². The number of benzene rings is 1. The molecule has 2 atom stereocenters. The fraction of sp³-hybridized carbons (Fsp3) is 0.462. The fourth-order valence-corrected chi connectivity index (χ4v) is 2.31. The second-order valence-corrected chi connectivity index (χ2v) is 6.30. The smallest absolute Gasteiger partial charge is 0.238 e. The molecule has 20 heavy (non-hydrogen) atoms. The van der Waals surface area contributed by atoms with Crippen LogP contribution >= 0.6 is 0 Å². The van der Waals surface area contributed by atoms with E-state index in [9.17, 15) is 13.2 Å². The summed E-state index contributed by atoms with van der Waals surface area (Å²) in [4.78, 5) is 11.8. The van der Waals surface area contributed by atoms with Crippen molar-refractivity contribution in [3.63, 3.8) is 0 Å². The van der Waals surface area contributed by atoms with Crippen LogP contribution in [0.3, 0.4) is 0 Å². The third-order valence-corrected chi connectivity index (χ3v) is 3.93. The molecule has 0 aliphatic heterocycles. The summed E-state index contributed by atoms with van der Waals surface area (Å²) < 4.78 is 22.3. The van der Waals surface area contributed by atoms with E-state index in [1.54, 1.807) is 12.1 Å². The maximum atomic E-state index is 11.8. The van der Waals surface area contributed by atoms with E-state index in [0.717, 1.165) is 12.0 Å². The molecule has 0 fully saturated rings. The molecule has 0 saturated carbocycles. The summed E-state index contributed by atoms with van der Waals surface area (Å²) in [6.07, 6.45) is 1.47. The second-order valence-electron chi connectivity index (χ2n) is 4.74. The van der Waals surface area contributed by atoms with Crippen LogP contribution in [0, 0.1) is 0 Å². The lowest BCUT2D eigenvalue weighted by Gasteiger charge is -2.17. The molecular formula is C13H21N3O3S. The Balaban J connectivity index is 2.73. The number of sulfonamides is 1.